The quantitative estimate of drug-likeness (QED) is 0.358. The van der Waals surface area contributed by atoms with E-state index in [2.05, 4.69) is 5.32 Å². The minimum atomic E-state index is -1.11. The number of carboxylic acid groups (broad SMARTS) is 1. The molecule has 0 spiro atoms. The number of nitrogens with one attached hydrogen (secondary N) is 1. The Morgan fingerprint density at radius 2 is 2.08 bits per heavy atom. The van der Waals surface area contributed by atoms with Gasteiger partial charge in [0.15, 0.2) is 0 Å². The minimum Gasteiger partial charge on any atom is -0.480 e. The summed E-state index contributed by atoms with van der Waals surface area (Å²) >= 11 is 0. The average Bonchev–Trinajstić information content (AvgIpc) is 1.96. The lowest BCUT2D eigenvalue weighted by atomic mass is 10.1. The predicted octanol–water partition coefficient (Wildman–Crippen LogP) is -1.76. The zero-order valence-corrected chi connectivity index (χ0v) is 6.49. The Morgan fingerprint density at radius 3 is 2.42 bits per heavy atom. The van der Waals surface area contributed by atoms with Crippen LogP contribution in [0.2, 0.25) is 0 Å². The van der Waals surface area contributed by atoms with Gasteiger partial charge in [-0.3, -0.25) is 14.9 Å². The molecule has 1 unspecified atom stereocenters. The van der Waals surface area contributed by atoms with Crippen LogP contribution < -0.4 is 11.1 Å². The summed E-state index contributed by atoms with van der Waals surface area (Å²) in [5, 5.41) is 19.1. The molecule has 70 valence electrons. The molecule has 0 saturated carbocycles. The molecule has 0 saturated heterocycles. The predicted molar refractivity (Wildman–Crippen MR) is 40.1 cm³/mol. The molecule has 0 radical (unpaired) electrons. The fourth-order valence-electron chi connectivity index (χ4n) is 0.710. The van der Waals surface area contributed by atoms with Crippen molar-refractivity contribution in [2.24, 2.45) is 5.73 Å². The van der Waals surface area contributed by atoms with Crippen molar-refractivity contribution in [1.29, 1.82) is 0 Å². The van der Waals surface area contributed by atoms with Crippen LogP contribution in [0.15, 0.2) is 0 Å². The molecule has 0 aliphatic rings. The number of aliphatic carboxylic acids is 1. The molecule has 0 heterocycles. The average molecular weight is 176 g/mol. The number of nitrogens with two attached hydrogens (primary N) is 1. The van der Waals surface area contributed by atoms with Gasteiger partial charge in [0.1, 0.15) is 6.04 Å². The van der Waals surface area contributed by atoms with Crippen LogP contribution in [-0.2, 0) is 9.59 Å². The number of hydrogen-bond donors (Lipinski definition) is 4. The van der Waals surface area contributed by atoms with Gasteiger partial charge < -0.3 is 15.9 Å². The second-order valence-electron chi connectivity index (χ2n) is 2.26. The second kappa shape index (κ2) is 5.50. The molecule has 0 fully saturated rings. The molecule has 0 rings (SSSR count). The standard InChI is InChI=1S/C6H12N2O4/c7-5(10)2-1-4(6(11)12)8-3-9/h4,8-9H,1-3H2,(H2,7,10)(H,11,12). The van der Waals surface area contributed by atoms with Crippen LogP contribution in [0.3, 0.4) is 0 Å². The molecular weight excluding hydrogens is 164 g/mol. The van der Waals surface area contributed by atoms with E-state index in [1.165, 1.54) is 0 Å². The van der Waals surface area contributed by atoms with Crippen molar-refractivity contribution in [1.82, 2.24) is 5.32 Å². The van der Waals surface area contributed by atoms with Crippen molar-refractivity contribution in [2.75, 3.05) is 6.73 Å². The van der Waals surface area contributed by atoms with Crippen LogP contribution in [0.5, 0.6) is 0 Å². The van der Waals surface area contributed by atoms with Gasteiger partial charge in [-0.2, -0.15) is 0 Å². The number of rotatable bonds is 6. The highest BCUT2D eigenvalue weighted by Gasteiger charge is 2.16. The summed E-state index contributed by atoms with van der Waals surface area (Å²) in [5.74, 6) is -1.66. The fourth-order valence-corrected chi connectivity index (χ4v) is 0.710. The number of hydrogen-bond acceptors (Lipinski definition) is 4. The number of primary amides is 1. The summed E-state index contributed by atoms with van der Waals surface area (Å²) in [7, 11) is 0. The van der Waals surface area contributed by atoms with Crippen LogP contribution in [0.25, 0.3) is 0 Å². The van der Waals surface area contributed by atoms with E-state index in [0.29, 0.717) is 0 Å². The van der Waals surface area contributed by atoms with Gasteiger partial charge in [0.25, 0.3) is 0 Å². The normalized spacial score (nSPS) is 12.4. The Kier molecular flexibility index (Phi) is 4.98. The van der Waals surface area contributed by atoms with E-state index >= 15 is 0 Å². The van der Waals surface area contributed by atoms with Gasteiger partial charge in [-0.25, -0.2) is 0 Å². The molecule has 0 aromatic carbocycles. The van der Waals surface area contributed by atoms with Crippen LogP contribution >= 0.6 is 0 Å². The van der Waals surface area contributed by atoms with Gasteiger partial charge in [0.2, 0.25) is 5.91 Å². The van der Waals surface area contributed by atoms with Gasteiger partial charge in [-0.15, -0.1) is 0 Å². The van der Waals surface area contributed by atoms with Gasteiger partial charge in [-0.05, 0) is 6.42 Å². The fraction of sp³-hybridized carbons (Fsp3) is 0.667. The van der Waals surface area contributed by atoms with E-state index in [-0.39, 0.29) is 12.8 Å². The van der Waals surface area contributed by atoms with Gasteiger partial charge in [0.05, 0.1) is 6.73 Å². The summed E-state index contributed by atoms with van der Waals surface area (Å²) in [6.07, 6.45) is 0.0786. The van der Waals surface area contributed by atoms with Crippen LogP contribution in [0, 0.1) is 0 Å². The minimum absolute atomic E-state index is 0.00995. The van der Waals surface area contributed by atoms with E-state index < -0.39 is 24.6 Å². The summed E-state index contributed by atoms with van der Waals surface area (Å²) in [5.41, 5.74) is 4.81. The first-order chi connectivity index (χ1) is 5.57. The van der Waals surface area contributed by atoms with Crippen molar-refractivity contribution in [2.45, 2.75) is 18.9 Å². The highest BCUT2D eigenvalue weighted by atomic mass is 16.4. The van der Waals surface area contributed by atoms with E-state index in [1.807, 2.05) is 0 Å². The Labute approximate surface area is 69.4 Å². The summed E-state index contributed by atoms with van der Waals surface area (Å²) < 4.78 is 0. The first-order valence-electron chi connectivity index (χ1n) is 3.43. The molecule has 1 atom stereocenters. The van der Waals surface area contributed by atoms with Crippen LogP contribution in [-0.4, -0.2) is 34.9 Å². The SMILES string of the molecule is NC(=O)CCC(NCO)C(=O)O. The topological polar surface area (TPSA) is 113 Å². The molecule has 0 aliphatic carbocycles. The van der Waals surface area contributed by atoms with Crippen LogP contribution in [0.4, 0.5) is 0 Å². The largest absolute Gasteiger partial charge is 0.480 e. The van der Waals surface area contributed by atoms with Crippen LogP contribution in [0.1, 0.15) is 12.8 Å². The summed E-state index contributed by atoms with van der Waals surface area (Å²) in [4.78, 5) is 20.6. The first-order valence-corrected chi connectivity index (χ1v) is 3.43. The maximum absolute atomic E-state index is 10.4. The first kappa shape index (κ1) is 10.9. The summed E-state index contributed by atoms with van der Waals surface area (Å²) in [6, 6.07) is -0.914. The molecule has 6 nitrogen and oxygen atoms in total. The number of carbonyl (C=O) groups is 2. The maximum Gasteiger partial charge on any atom is 0.320 e. The van der Waals surface area contributed by atoms with E-state index in [4.69, 9.17) is 15.9 Å². The molecule has 1 amide bonds. The summed E-state index contributed by atoms with van der Waals surface area (Å²) in [6.45, 7) is -0.435. The Bertz CT molecular complexity index is 171. The number of carboxylic acids is 1. The number of amides is 1. The van der Waals surface area contributed by atoms with Crippen molar-refractivity contribution >= 4 is 11.9 Å². The van der Waals surface area contributed by atoms with E-state index in [0.717, 1.165) is 0 Å². The highest BCUT2D eigenvalue weighted by Crippen LogP contribution is 1.96. The smallest absolute Gasteiger partial charge is 0.320 e. The van der Waals surface area contributed by atoms with Gasteiger partial charge >= 0.3 is 5.97 Å². The van der Waals surface area contributed by atoms with E-state index in [9.17, 15) is 9.59 Å². The molecule has 0 aromatic rings. The zero-order valence-electron chi connectivity index (χ0n) is 6.49. The molecule has 0 bridgehead atoms. The third-order valence-electron chi connectivity index (χ3n) is 1.32. The van der Waals surface area contributed by atoms with Gasteiger partial charge in [-0.1, -0.05) is 0 Å². The monoisotopic (exact) mass is 176 g/mol. The zero-order chi connectivity index (χ0) is 9.56. The number of aliphatic hydroxyl groups is 1. The van der Waals surface area contributed by atoms with E-state index in [1.54, 1.807) is 0 Å². The van der Waals surface area contributed by atoms with Crippen molar-refractivity contribution in [3.8, 4) is 0 Å². The van der Waals surface area contributed by atoms with Crippen molar-refractivity contribution < 1.29 is 19.8 Å². The molecule has 0 aromatic heterocycles. The number of aliphatic hydroxyl groups excluding tert-OH is 1. The molecule has 6 heteroatoms. The molecule has 12 heavy (non-hydrogen) atoms. The lowest BCUT2D eigenvalue weighted by molar-refractivity contribution is -0.140. The number of carbonyl (C=O) groups excluding carboxylic acids is 1. The van der Waals surface area contributed by atoms with Crippen molar-refractivity contribution in [3.05, 3.63) is 0 Å². The Balaban J connectivity index is 3.79. The Hall–Kier alpha value is -1.14. The van der Waals surface area contributed by atoms with Gasteiger partial charge in [0, 0.05) is 6.42 Å². The third-order valence-corrected chi connectivity index (χ3v) is 1.32. The third kappa shape index (κ3) is 4.64. The lowest BCUT2D eigenvalue weighted by Gasteiger charge is -2.10. The maximum atomic E-state index is 10.4. The molecule has 0 aliphatic heterocycles. The van der Waals surface area contributed by atoms with Crippen molar-refractivity contribution in [3.63, 3.8) is 0 Å². The molecule has 5 N–H and O–H groups in total. The second-order valence-corrected chi connectivity index (χ2v) is 2.26. The lowest BCUT2D eigenvalue weighted by Crippen LogP contribution is -2.37. The Morgan fingerprint density at radius 1 is 1.50 bits per heavy atom. The molecular formula is C6H12N2O4. The highest BCUT2D eigenvalue weighted by molar-refractivity contribution is 5.77.